The maximum Gasteiger partial charge on any atom is 0.151 e. The molecule has 4 nitrogen and oxygen atoms in total. The molecule has 90 valence electrons. The fourth-order valence-corrected chi connectivity index (χ4v) is 3.35. The lowest BCUT2D eigenvalue weighted by Crippen LogP contribution is -2.29. The lowest BCUT2D eigenvalue weighted by molar-refractivity contribution is 0.344. The Labute approximate surface area is 92.7 Å². The minimum atomic E-state index is -2.82. The maximum atomic E-state index is 11.5. The maximum absolute atomic E-state index is 11.5. The van der Waals surface area contributed by atoms with Gasteiger partial charge in [-0.2, -0.15) is 0 Å². The summed E-state index contributed by atoms with van der Waals surface area (Å²) in [5, 5.41) is 0. The first-order valence-electron chi connectivity index (χ1n) is 5.70. The second kappa shape index (κ2) is 5.82. The summed E-state index contributed by atoms with van der Waals surface area (Å²) in [6.07, 6.45) is 1.83. The van der Waals surface area contributed by atoms with E-state index < -0.39 is 9.84 Å². The first kappa shape index (κ1) is 12.9. The van der Waals surface area contributed by atoms with Gasteiger partial charge in [-0.05, 0) is 31.8 Å². The van der Waals surface area contributed by atoms with Gasteiger partial charge in [-0.25, -0.2) is 8.42 Å². The van der Waals surface area contributed by atoms with Gasteiger partial charge in [0, 0.05) is 18.8 Å². The van der Waals surface area contributed by atoms with E-state index in [-0.39, 0.29) is 0 Å². The van der Waals surface area contributed by atoms with Crippen molar-refractivity contribution >= 4 is 9.84 Å². The Hall–Kier alpha value is -0.130. The molecule has 1 unspecified atom stereocenters. The molecule has 1 aliphatic rings. The van der Waals surface area contributed by atoms with Crippen molar-refractivity contribution in [2.45, 2.75) is 19.8 Å². The number of hydrogen-bond acceptors (Lipinski definition) is 4. The average Bonchev–Trinajstić information content (AvgIpc) is 2.62. The van der Waals surface area contributed by atoms with E-state index in [1.54, 1.807) is 0 Å². The van der Waals surface area contributed by atoms with Crippen molar-refractivity contribution in [3.63, 3.8) is 0 Å². The van der Waals surface area contributed by atoms with E-state index in [0.717, 1.165) is 26.1 Å². The van der Waals surface area contributed by atoms with Crippen LogP contribution in [0, 0.1) is 5.92 Å². The normalized spacial score (nSPS) is 23.5. The highest BCUT2D eigenvalue weighted by Gasteiger charge is 2.22. The summed E-state index contributed by atoms with van der Waals surface area (Å²) >= 11 is 0. The lowest BCUT2D eigenvalue weighted by atomic mass is 10.1. The number of nitrogens with zero attached hydrogens (tertiary/aromatic N) is 1. The molecule has 1 rings (SSSR count). The van der Waals surface area contributed by atoms with Gasteiger partial charge in [-0.15, -0.1) is 0 Å². The van der Waals surface area contributed by atoms with Crippen LogP contribution in [0.1, 0.15) is 19.8 Å². The van der Waals surface area contributed by atoms with Gasteiger partial charge in [0.15, 0.2) is 9.84 Å². The lowest BCUT2D eigenvalue weighted by Gasteiger charge is -2.15. The molecule has 0 aromatic rings. The molecular weight excluding hydrogens is 212 g/mol. The quantitative estimate of drug-likeness (QED) is 0.707. The summed E-state index contributed by atoms with van der Waals surface area (Å²) < 4.78 is 23.0. The van der Waals surface area contributed by atoms with Crippen molar-refractivity contribution in [1.29, 1.82) is 0 Å². The molecule has 1 aliphatic heterocycles. The molecule has 0 bridgehead atoms. The highest BCUT2D eigenvalue weighted by atomic mass is 32.2. The van der Waals surface area contributed by atoms with Crippen LogP contribution in [0.5, 0.6) is 0 Å². The smallest absolute Gasteiger partial charge is 0.151 e. The monoisotopic (exact) mass is 234 g/mol. The Morgan fingerprint density at radius 2 is 2.13 bits per heavy atom. The van der Waals surface area contributed by atoms with Crippen molar-refractivity contribution in [1.82, 2.24) is 4.90 Å². The molecule has 1 fully saturated rings. The topological polar surface area (TPSA) is 63.4 Å². The van der Waals surface area contributed by atoms with Gasteiger partial charge >= 0.3 is 0 Å². The molecule has 0 spiro atoms. The SMILES string of the molecule is CCCS(=O)(=O)CCN1CCC(CN)C1. The summed E-state index contributed by atoms with van der Waals surface area (Å²) in [4.78, 5) is 2.21. The first-order chi connectivity index (χ1) is 7.07. The second-order valence-corrected chi connectivity index (χ2v) is 6.65. The van der Waals surface area contributed by atoms with E-state index in [2.05, 4.69) is 4.90 Å². The van der Waals surface area contributed by atoms with E-state index >= 15 is 0 Å². The zero-order chi connectivity index (χ0) is 11.3. The molecule has 1 saturated heterocycles. The third-order valence-corrected chi connectivity index (χ3v) is 4.77. The number of rotatable bonds is 6. The van der Waals surface area contributed by atoms with Crippen LogP contribution in [0.2, 0.25) is 0 Å². The Morgan fingerprint density at radius 1 is 1.40 bits per heavy atom. The fraction of sp³-hybridized carbons (Fsp3) is 1.00. The minimum absolute atomic E-state index is 0.304. The summed E-state index contributed by atoms with van der Waals surface area (Å²) in [7, 11) is -2.82. The van der Waals surface area contributed by atoms with E-state index in [0.29, 0.717) is 30.4 Å². The van der Waals surface area contributed by atoms with E-state index in [1.807, 2.05) is 6.92 Å². The minimum Gasteiger partial charge on any atom is -0.330 e. The fourth-order valence-electron chi connectivity index (χ4n) is 1.99. The average molecular weight is 234 g/mol. The number of hydrogen-bond donors (Lipinski definition) is 1. The van der Waals surface area contributed by atoms with E-state index in [1.165, 1.54) is 0 Å². The zero-order valence-corrected chi connectivity index (χ0v) is 10.3. The zero-order valence-electron chi connectivity index (χ0n) is 9.48. The summed E-state index contributed by atoms with van der Waals surface area (Å²) in [6, 6.07) is 0. The summed E-state index contributed by atoms with van der Waals surface area (Å²) in [5.74, 6) is 1.19. The van der Waals surface area contributed by atoms with Crippen LogP contribution >= 0.6 is 0 Å². The number of nitrogens with two attached hydrogens (primary N) is 1. The van der Waals surface area contributed by atoms with Crippen LogP contribution in [-0.4, -0.2) is 51.0 Å². The molecule has 0 radical (unpaired) electrons. The van der Waals surface area contributed by atoms with Crippen molar-refractivity contribution in [3.8, 4) is 0 Å². The van der Waals surface area contributed by atoms with Crippen LogP contribution in [-0.2, 0) is 9.84 Å². The predicted octanol–water partition coefficient (Wildman–Crippen LogP) is 0.0918. The number of likely N-dealkylation sites (tertiary alicyclic amines) is 1. The largest absolute Gasteiger partial charge is 0.330 e. The molecule has 0 aromatic heterocycles. The number of sulfone groups is 1. The van der Waals surface area contributed by atoms with Crippen molar-refractivity contribution in [2.24, 2.45) is 11.7 Å². The Morgan fingerprint density at radius 3 is 2.67 bits per heavy atom. The van der Waals surface area contributed by atoms with Crippen molar-refractivity contribution < 1.29 is 8.42 Å². The Kier molecular flexibility index (Phi) is 5.02. The van der Waals surface area contributed by atoms with Gasteiger partial charge in [0.1, 0.15) is 0 Å². The summed E-state index contributed by atoms with van der Waals surface area (Å²) in [5.41, 5.74) is 5.58. The molecule has 0 amide bonds. The standard InChI is InChI=1S/C10H22N2O2S/c1-2-6-15(13,14)7-5-12-4-3-10(8-11)9-12/h10H,2-9,11H2,1H3. The van der Waals surface area contributed by atoms with Crippen molar-refractivity contribution in [2.75, 3.05) is 37.7 Å². The third kappa shape index (κ3) is 4.49. The van der Waals surface area contributed by atoms with E-state index in [4.69, 9.17) is 5.73 Å². The van der Waals surface area contributed by atoms with Gasteiger partial charge in [0.05, 0.1) is 5.75 Å². The van der Waals surface area contributed by atoms with Crippen LogP contribution < -0.4 is 5.73 Å². The molecule has 0 saturated carbocycles. The Balaban J connectivity index is 2.26. The van der Waals surface area contributed by atoms with Gasteiger partial charge in [-0.3, -0.25) is 0 Å². The van der Waals surface area contributed by atoms with Gasteiger partial charge in [0.2, 0.25) is 0 Å². The molecule has 5 heteroatoms. The molecule has 2 N–H and O–H groups in total. The van der Waals surface area contributed by atoms with Crippen LogP contribution in [0.25, 0.3) is 0 Å². The molecular formula is C10H22N2O2S. The molecule has 0 aromatic carbocycles. The molecule has 15 heavy (non-hydrogen) atoms. The Bertz CT molecular complexity index is 277. The highest BCUT2D eigenvalue weighted by Crippen LogP contribution is 2.14. The van der Waals surface area contributed by atoms with Crippen LogP contribution in [0.3, 0.4) is 0 Å². The third-order valence-electron chi connectivity index (χ3n) is 2.94. The van der Waals surface area contributed by atoms with Gasteiger partial charge in [0.25, 0.3) is 0 Å². The molecule has 0 aliphatic carbocycles. The molecule has 1 heterocycles. The second-order valence-electron chi connectivity index (χ2n) is 4.34. The van der Waals surface area contributed by atoms with E-state index in [9.17, 15) is 8.42 Å². The van der Waals surface area contributed by atoms with Gasteiger partial charge < -0.3 is 10.6 Å². The van der Waals surface area contributed by atoms with Crippen LogP contribution in [0.4, 0.5) is 0 Å². The first-order valence-corrected chi connectivity index (χ1v) is 7.52. The highest BCUT2D eigenvalue weighted by molar-refractivity contribution is 7.91. The predicted molar refractivity (Wildman–Crippen MR) is 62.5 cm³/mol. The molecule has 1 atom stereocenters. The van der Waals surface area contributed by atoms with Crippen LogP contribution in [0.15, 0.2) is 0 Å². The summed E-state index contributed by atoms with van der Waals surface area (Å²) in [6.45, 7) is 5.27. The van der Waals surface area contributed by atoms with Gasteiger partial charge in [-0.1, -0.05) is 6.92 Å². The van der Waals surface area contributed by atoms with Crippen molar-refractivity contribution in [3.05, 3.63) is 0 Å².